The Bertz CT molecular complexity index is 161. The van der Waals surface area contributed by atoms with Crippen molar-refractivity contribution in [2.24, 2.45) is 0 Å². The second kappa shape index (κ2) is 7.06. The van der Waals surface area contributed by atoms with Crippen LogP contribution in [0.3, 0.4) is 0 Å². The highest BCUT2D eigenvalue weighted by Gasteiger charge is 2.26. The quantitative estimate of drug-likeness (QED) is 0.722. The first kappa shape index (κ1) is 14.7. The average Bonchev–Trinajstić information content (AvgIpc) is 2.01. The third-order valence-corrected chi connectivity index (χ3v) is 2.08. The van der Waals surface area contributed by atoms with Gasteiger partial charge in [0, 0.05) is 25.6 Å². The second-order valence-corrected chi connectivity index (χ2v) is 3.93. The Kier molecular flexibility index (Phi) is 6.92. The van der Waals surface area contributed by atoms with Crippen LogP contribution in [0, 0.1) is 0 Å². The van der Waals surface area contributed by atoms with E-state index in [2.05, 4.69) is 5.32 Å². The Balaban J connectivity index is 3.53. The maximum absolute atomic E-state index is 11.8. The van der Waals surface area contributed by atoms with Gasteiger partial charge in [-0.15, -0.1) is 0 Å². The third kappa shape index (κ3) is 10.0. The van der Waals surface area contributed by atoms with Crippen LogP contribution in [0.2, 0.25) is 0 Å². The SMILES string of the molecule is COCC(C)NC(C)CCCC(F)(F)F. The highest BCUT2D eigenvalue weighted by molar-refractivity contribution is 4.67. The molecule has 0 saturated heterocycles. The van der Waals surface area contributed by atoms with Crippen LogP contribution in [0.1, 0.15) is 33.1 Å². The Morgan fingerprint density at radius 3 is 2.27 bits per heavy atom. The lowest BCUT2D eigenvalue weighted by molar-refractivity contribution is -0.135. The molecular formula is C10H20F3NO. The van der Waals surface area contributed by atoms with Crippen molar-refractivity contribution >= 4 is 0 Å². The fraction of sp³-hybridized carbons (Fsp3) is 1.00. The molecule has 1 N–H and O–H groups in total. The number of hydrogen-bond acceptors (Lipinski definition) is 2. The summed E-state index contributed by atoms with van der Waals surface area (Å²) in [6.45, 7) is 4.41. The molecule has 0 aromatic carbocycles. The molecule has 2 atom stereocenters. The number of nitrogens with one attached hydrogen (secondary N) is 1. The van der Waals surface area contributed by atoms with Gasteiger partial charge < -0.3 is 10.1 Å². The molecule has 2 nitrogen and oxygen atoms in total. The van der Waals surface area contributed by atoms with Crippen molar-refractivity contribution in [3.8, 4) is 0 Å². The van der Waals surface area contributed by atoms with Gasteiger partial charge in [0.25, 0.3) is 0 Å². The standard InChI is InChI=1S/C10H20F3NO/c1-8(14-9(2)7-15-3)5-4-6-10(11,12)13/h8-9,14H,4-7H2,1-3H3. The van der Waals surface area contributed by atoms with Gasteiger partial charge in [0.15, 0.2) is 0 Å². The molecule has 5 heteroatoms. The smallest absolute Gasteiger partial charge is 0.383 e. The lowest BCUT2D eigenvalue weighted by atomic mass is 10.1. The summed E-state index contributed by atoms with van der Waals surface area (Å²) in [7, 11) is 1.60. The minimum Gasteiger partial charge on any atom is -0.383 e. The summed E-state index contributed by atoms with van der Waals surface area (Å²) in [6.07, 6.45) is -4.01. The third-order valence-electron chi connectivity index (χ3n) is 2.08. The molecule has 0 aliphatic heterocycles. The molecule has 0 aliphatic carbocycles. The first-order valence-corrected chi connectivity index (χ1v) is 5.17. The van der Waals surface area contributed by atoms with Gasteiger partial charge in [-0.05, 0) is 26.7 Å². The van der Waals surface area contributed by atoms with Crippen molar-refractivity contribution in [2.75, 3.05) is 13.7 Å². The molecule has 0 bridgehead atoms. The molecule has 15 heavy (non-hydrogen) atoms. The summed E-state index contributed by atoms with van der Waals surface area (Å²) in [4.78, 5) is 0. The first-order valence-electron chi connectivity index (χ1n) is 5.17. The minimum absolute atomic E-state index is 0.0949. The van der Waals surface area contributed by atoms with E-state index in [1.165, 1.54) is 0 Å². The number of ether oxygens (including phenoxy) is 1. The number of methoxy groups -OCH3 is 1. The lowest BCUT2D eigenvalue weighted by Gasteiger charge is -2.19. The van der Waals surface area contributed by atoms with Crippen LogP contribution < -0.4 is 5.32 Å². The first-order chi connectivity index (χ1) is 6.85. The van der Waals surface area contributed by atoms with Gasteiger partial charge in [-0.25, -0.2) is 0 Å². The number of halogens is 3. The zero-order chi connectivity index (χ0) is 11.9. The van der Waals surface area contributed by atoms with E-state index >= 15 is 0 Å². The van der Waals surface area contributed by atoms with E-state index in [4.69, 9.17) is 4.74 Å². The number of alkyl halides is 3. The van der Waals surface area contributed by atoms with Crippen molar-refractivity contribution in [3.05, 3.63) is 0 Å². The molecule has 92 valence electrons. The van der Waals surface area contributed by atoms with E-state index in [1.54, 1.807) is 7.11 Å². The van der Waals surface area contributed by atoms with Gasteiger partial charge in [-0.1, -0.05) is 0 Å². The second-order valence-electron chi connectivity index (χ2n) is 3.93. The van der Waals surface area contributed by atoms with E-state index in [0.29, 0.717) is 13.0 Å². The summed E-state index contributed by atoms with van der Waals surface area (Å²) >= 11 is 0. The molecule has 0 rings (SSSR count). The fourth-order valence-electron chi connectivity index (χ4n) is 1.48. The van der Waals surface area contributed by atoms with Crippen LogP contribution in [0.25, 0.3) is 0 Å². The van der Waals surface area contributed by atoms with Crippen LogP contribution in [-0.4, -0.2) is 32.0 Å². The van der Waals surface area contributed by atoms with Gasteiger partial charge in [0.2, 0.25) is 0 Å². The molecule has 0 aromatic rings. The van der Waals surface area contributed by atoms with Gasteiger partial charge in [0.05, 0.1) is 6.61 Å². The topological polar surface area (TPSA) is 21.3 Å². The largest absolute Gasteiger partial charge is 0.389 e. The summed E-state index contributed by atoms with van der Waals surface area (Å²) in [6, 6.07) is 0.272. The Morgan fingerprint density at radius 1 is 1.20 bits per heavy atom. The number of rotatable bonds is 7. The van der Waals surface area contributed by atoms with Crippen LogP contribution in [0.5, 0.6) is 0 Å². The highest BCUT2D eigenvalue weighted by atomic mass is 19.4. The monoisotopic (exact) mass is 227 g/mol. The van der Waals surface area contributed by atoms with E-state index in [0.717, 1.165) is 0 Å². The Labute approximate surface area is 89.2 Å². The van der Waals surface area contributed by atoms with Crippen LogP contribution in [0.15, 0.2) is 0 Å². The molecule has 0 fully saturated rings. The Hall–Kier alpha value is -0.290. The molecule has 2 unspecified atom stereocenters. The predicted octanol–water partition coefficient (Wildman–Crippen LogP) is 2.73. The highest BCUT2D eigenvalue weighted by Crippen LogP contribution is 2.22. The van der Waals surface area contributed by atoms with Crippen molar-refractivity contribution in [2.45, 2.75) is 51.4 Å². The van der Waals surface area contributed by atoms with E-state index < -0.39 is 12.6 Å². The van der Waals surface area contributed by atoms with E-state index in [9.17, 15) is 13.2 Å². The maximum atomic E-state index is 11.8. The van der Waals surface area contributed by atoms with Gasteiger partial charge in [0.1, 0.15) is 0 Å². The Morgan fingerprint density at radius 2 is 1.80 bits per heavy atom. The van der Waals surface area contributed by atoms with Gasteiger partial charge in [-0.3, -0.25) is 0 Å². The minimum atomic E-state index is -4.03. The summed E-state index contributed by atoms with van der Waals surface area (Å²) in [5.41, 5.74) is 0. The van der Waals surface area contributed by atoms with Crippen molar-refractivity contribution in [1.82, 2.24) is 5.32 Å². The molecule has 0 saturated carbocycles. The zero-order valence-corrected chi connectivity index (χ0v) is 9.53. The van der Waals surface area contributed by atoms with Crippen LogP contribution in [0.4, 0.5) is 13.2 Å². The number of hydrogen-bond donors (Lipinski definition) is 1. The molecule has 0 aromatic heterocycles. The molecule has 0 heterocycles. The van der Waals surface area contributed by atoms with Crippen molar-refractivity contribution in [1.29, 1.82) is 0 Å². The normalized spacial score (nSPS) is 16.4. The molecule has 0 radical (unpaired) electrons. The van der Waals surface area contributed by atoms with E-state index in [-0.39, 0.29) is 18.5 Å². The fourth-order valence-corrected chi connectivity index (χ4v) is 1.48. The summed E-state index contributed by atoms with van der Waals surface area (Å²) in [5, 5.41) is 3.17. The van der Waals surface area contributed by atoms with Crippen LogP contribution >= 0.6 is 0 Å². The predicted molar refractivity (Wildman–Crippen MR) is 53.8 cm³/mol. The van der Waals surface area contributed by atoms with Crippen LogP contribution in [-0.2, 0) is 4.74 Å². The maximum Gasteiger partial charge on any atom is 0.389 e. The van der Waals surface area contributed by atoms with Gasteiger partial charge >= 0.3 is 6.18 Å². The average molecular weight is 227 g/mol. The molecule has 0 spiro atoms. The summed E-state index contributed by atoms with van der Waals surface area (Å²) < 4.78 is 40.5. The molecular weight excluding hydrogens is 207 g/mol. The molecule has 0 amide bonds. The van der Waals surface area contributed by atoms with Crippen molar-refractivity contribution < 1.29 is 17.9 Å². The van der Waals surface area contributed by atoms with E-state index in [1.807, 2.05) is 13.8 Å². The lowest BCUT2D eigenvalue weighted by Crippen LogP contribution is -2.37. The zero-order valence-electron chi connectivity index (χ0n) is 9.53. The van der Waals surface area contributed by atoms with Crippen molar-refractivity contribution in [3.63, 3.8) is 0 Å². The van der Waals surface area contributed by atoms with Gasteiger partial charge in [-0.2, -0.15) is 13.2 Å². The summed E-state index contributed by atoms with van der Waals surface area (Å²) in [5.74, 6) is 0. The molecule has 0 aliphatic rings.